The Kier molecular flexibility index (Phi) is 6.34. The Hall–Kier alpha value is -2.01. The fourth-order valence-corrected chi connectivity index (χ4v) is 5.97. The Labute approximate surface area is 183 Å². The standard InChI is InChI=1S/C21H31N5O4S/c1-15-18(26-9-3-6-20(26)27)4-2-5-19(15)31(29,30)23-17(14-22)21(28)25-12-10-24(11-13-25)16-7-8-16/h2,4-5,16-17,23H,3,6-14,22H2,1H3/t17-/m0/s1. The van der Waals surface area contributed by atoms with Crippen LogP contribution in [0.4, 0.5) is 5.69 Å². The van der Waals surface area contributed by atoms with Crippen LogP contribution < -0.4 is 15.4 Å². The lowest BCUT2D eigenvalue weighted by Crippen LogP contribution is -2.57. The van der Waals surface area contributed by atoms with Crippen molar-refractivity contribution in [2.75, 3.05) is 44.2 Å². The summed E-state index contributed by atoms with van der Waals surface area (Å²) in [4.78, 5) is 30.9. The second-order valence-electron chi connectivity index (χ2n) is 8.55. The summed E-state index contributed by atoms with van der Waals surface area (Å²) in [6.45, 7) is 4.93. The lowest BCUT2D eigenvalue weighted by molar-refractivity contribution is -0.134. The van der Waals surface area contributed by atoms with Gasteiger partial charge in [0.25, 0.3) is 0 Å². The molecule has 1 aromatic rings. The number of hydrogen-bond acceptors (Lipinski definition) is 6. The minimum absolute atomic E-state index is 0.00837. The van der Waals surface area contributed by atoms with E-state index in [-0.39, 0.29) is 23.3 Å². The second kappa shape index (κ2) is 8.85. The summed E-state index contributed by atoms with van der Waals surface area (Å²) in [7, 11) is -4.00. The molecule has 1 atom stereocenters. The Morgan fingerprint density at radius 2 is 1.90 bits per heavy atom. The molecule has 2 amide bonds. The van der Waals surface area contributed by atoms with Gasteiger partial charge >= 0.3 is 0 Å². The molecule has 0 unspecified atom stereocenters. The Balaban J connectivity index is 1.48. The molecule has 0 spiro atoms. The SMILES string of the molecule is Cc1c(N2CCCC2=O)cccc1S(=O)(=O)N[C@@H](CN)C(=O)N1CCN(C2CC2)CC1. The van der Waals surface area contributed by atoms with Gasteiger partial charge in [-0.2, -0.15) is 4.72 Å². The third kappa shape index (κ3) is 4.62. The van der Waals surface area contributed by atoms with Crippen molar-refractivity contribution in [3.05, 3.63) is 23.8 Å². The number of nitrogens with one attached hydrogen (secondary N) is 1. The summed E-state index contributed by atoms with van der Waals surface area (Å²) in [5.74, 6) is -0.295. The molecule has 9 nitrogen and oxygen atoms in total. The first-order chi connectivity index (χ1) is 14.8. The highest BCUT2D eigenvalue weighted by atomic mass is 32.2. The minimum Gasteiger partial charge on any atom is -0.339 e. The molecule has 10 heteroatoms. The van der Waals surface area contributed by atoms with E-state index in [1.54, 1.807) is 28.9 Å². The first-order valence-corrected chi connectivity index (χ1v) is 12.5. The molecule has 0 radical (unpaired) electrons. The third-order valence-electron chi connectivity index (χ3n) is 6.43. The molecule has 3 fully saturated rings. The van der Waals surface area contributed by atoms with E-state index in [0.717, 1.165) is 19.5 Å². The van der Waals surface area contributed by atoms with Crippen LogP contribution >= 0.6 is 0 Å². The van der Waals surface area contributed by atoms with Crippen molar-refractivity contribution in [2.45, 2.75) is 49.6 Å². The van der Waals surface area contributed by atoms with Crippen LogP contribution in [0.2, 0.25) is 0 Å². The summed E-state index contributed by atoms with van der Waals surface area (Å²) in [5.41, 5.74) is 6.89. The molecule has 3 N–H and O–H groups in total. The van der Waals surface area contributed by atoms with Crippen LogP contribution in [0.3, 0.4) is 0 Å². The lowest BCUT2D eigenvalue weighted by Gasteiger charge is -2.36. The summed E-state index contributed by atoms with van der Waals surface area (Å²) >= 11 is 0. The number of nitrogens with zero attached hydrogens (tertiary/aromatic N) is 3. The molecule has 2 aliphatic heterocycles. The van der Waals surface area contributed by atoms with Gasteiger partial charge < -0.3 is 15.5 Å². The molecule has 1 saturated carbocycles. The molecule has 4 rings (SSSR count). The van der Waals surface area contributed by atoms with E-state index in [1.807, 2.05) is 0 Å². The van der Waals surface area contributed by atoms with Crippen molar-refractivity contribution in [3.63, 3.8) is 0 Å². The van der Waals surface area contributed by atoms with Gasteiger partial charge in [0, 0.05) is 57.4 Å². The highest BCUT2D eigenvalue weighted by Crippen LogP contribution is 2.30. The van der Waals surface area contributed by atoms with Gasteiger partial charge in [0.1, 0.15) is 6.04 Å². The van der Waals surface area contributed by atoms with Crippen molar-refractivity contribution >= 4 is 27.5 Å². The molecule has 2 heterocycles. The zero-order valence-electron chi connectivity index (χ0n) is 17.9. The first-order valence-electron chi connectivity index (χ1n) is 11.0. The van der Waals surface area contributed by atoms with Gasteiger partial charge in [-0.05, 0) is 43.9 Å². The molecule has 0 bridgehead atoms. The van der Waals surface area contributed by atoms with Crippen molar-refractivity contribution in [1.29, 1.82) is 0 Å². The average molecular weight is 450 g/mol. The number of nitrogens with two attached hydrogens (primary N) is 1. The first kappa shape index (κ1) is 22.2. The quantitative estimate of drug-likeness (QED) is 0.607. The van der Waals surface area contributed by atoms with Gasteiger partial charge in [0.15, 0.2) is 0 Å². The zero-order valence-corrected chi connectivity index (χ0v) is 18.7. The smallest absolute Gasteiger partial charge is 0.242 e. The molecule has 1 aromatic carbocycles. The van der Waals surface area contributed by atoms with Crippen molar-refractivity contribution in [2.24, 2.45) is 5.73 Å². The van der Waals surface area contributed by atoms with E-state index < -0.39 is 16.1 Å². The number of benzene rings is 1. The van der Waals surface area contributed by atoms with Crippen LogP contribution in [0.5, 0.6) is 0 Å². The summed E-state index contributed by atoms with van der Waals surface area (Å²) in [6.07, 6.45) is 3.67. The fraction of sp³-hybridized carbons (Fsp3) is 0.619. The molecular weight excluding hydrogens is 418 g/mol. The summed E-state index contributed by atoms with van der Waals surface area (Å²) in [5, 5.41) is 0. The number of rotatable bonds is 7. The number of piperazine rings is 1. The highest BCUT2D eigenvalue weighted by molar-refractivity contribution is 7.89. The number of hydrogen-bond donors (Lipinski definition) is 2. The minimum atomic E-state index is -4.00. The number of carbonyl (C=O) groups is 2. The van der Waals surface area contributed by atoms with E-state index in [4.69, 9.17) is 5.73 Å². The summed E-state index contributed by atoms with van der Waals surface area (Å²) in [6, 6.07) is 4.50. The van der Waals surface area contributed by atoms with Gasteiger partial charge in [-0.3, -0.25) is 14.5 Å². The highest BCUT2D eigenvalue weighted by Gasteiger charge is 2.35. The van der Waals surface area contributed by atoms with E-state index >= 15 is 0 Å². The largest absolute Gasteiger partial charge is 0.339 e. The summed E-state index contributed by atoms with van der Waals surface area (Å²) < 4.78 is 28.8. The Morgan fingerprint density at radius 3 is 2.48 bits per heavy atom. The van der Waals surface area contributed by atoms with E-state index in [2.05, 4.69) is 9.62 Å². The second-order valence-corrected chi connectivity index (χ2v) is 10.2. The third-order valence-corrected chi connectivity index (χ3v) is 8.05. The normalized spacial score (nSPS) is 21.5. The maximum absolute atomic E-state index is 13.2. The van der Waals surface area contributed by atoms with Crippen LogP contribution in [-0.2, 0) is 19.6 Å². The Morgan fingerprint density at radius 1 is 1.19 bits per heavy atom. The predicted octanol–water partition coefficient (Wildman–Crippen LogP) is 0.0340. The molecular formula is C21H31N5O4S. The van der Waals surface area contributed by atoms with E-state index in [1.165, 1.54) is 18.9 Å². The van der Waals surface area contributed by atoms with Gasteiger partial charge in [-0.1, -0.05) is 6.07 Å². The van der Waals surface area contributed by atoms with Crippen LogP contribution in [0.1, 0.15) is 31.2 Å². The molecule has 0 aromatic heterocycles. The van der Waals surface area contributed by atoms with Gasteiger partial charge in [0.05, 0.1) is 4.90 Å². The van der Waals surface area contributed by atoms with Crippen LogP contribution in [0.25, 0.3) is 0 Å². The maximum atomic E-state index is 13.2. The van der Waals surface area contributed by atoms with Crippen LogP contribution in [0, 0.1) is 6.92 Å². The number of amides is 2. The monoisotopic (exact) mass is 449 g/mol. The molecule has 1 aliphatic carbocycles. The fourth-order valence-electron chi connectivity index (χ4n) is 4.51. The molecule has 170 valence electrons. The van der Waals surface area contributed by atoms with Gasteiger partial charge in [0.2, 0.25) is 21.8 Å². The van der Waals surface area contributed by atoms with Crippen molar-refractivity contribution in [3.8, 4) is 0 Å². The number of anilines is 1. The predicted molar refractivity (Wildman–Crippen MR) is 117 cm³/mol. The lowest BCUT2D eigenvalue weighted by atomic mass is 10.2. The van der Waals surface area contributed by atoms with Crippen molar-refractivity contribution in [1.82, 2.24) is 14.5 Å². The zero-order chi connectivity index (χ0) is 22.2. The molecule has 3 aliphatic rings. The van der Waals surface area contributed by atoms with E-state index in [0.29, 0.717) is 43.3 Å². The average Bonchev–Trinajstić information content (AvgIpc) is 3.53. The molecule has 31 heavy (non-hydrogen) atoms. The van der Waals surface area contributed by atoms with Gasteiger partial charge in [-0.15, -0.1) is 0 Å². The maximum Gasteiger partial charge on any atom is 0.242 e. The van der Waals surface area contributed by atoms with Gasteiger partial charge in [-0.25, -0.2) is 8.42 Å². The number of carbonyl (C=O) groups excluding carboxylic acids is 2. The van der Waals surface area contributed by atoms with Crippen molar-refractivity contribution < 1.29 is 18.0 Å². The number of sulfonamides is 1. The Bertz CT molecular complexity index is 955. The van der Waals surface area contributed by atoms with Crippen LogP contribution in [-0.4, -0.2) is 81.4 Å². The van der Waals surface area contributed by atoms with E-state index in [9.17, 15) is 18.0 Å². The molecule has 2 saturated heterocycles. The van der Waals surface area contributed by atoms with Crippen LogP contribution in [0.15, 0.2) is 23.1 Å². The topological polar surface area (TPSA) is 116 Å².